The first-order valence-corrected chi connectivity index (χ1v) is 12.3. The normalized spacial score (nSPS) is 18.6. The molecule has 3 aromatic carbocycles. The van der Waals surface area contributed by atoms with Crippen molar-refractivity contribution in [2.75, 3.05) is 19.6 Å². The number of aliphatic hydroxyl groups excluding tert-OH is 1. The van der Waals surface area contributed by atoms with Crippen molar-refractivity contribution in [1.82, 2.24) is 4.90 Å². The van der Waals surface area contributed by atoms with E-state index in [1.165, 1.54) is 11.1 Å². The van der Waals surface area contributed by atoms with E-state index in [1.807, 2.05) is 48.5 Å². The van der Waals surface area contributed by atoms with Crippen LogP contribution in [0.1, 0.15) is 47.1 Å². The summed E-state index contributed by atoms with van der Waals surface area (Å²) in [6.45, 7) is 3.18. The zero-order chi connectivity index (χ0) is 23.5. The van der Waals surface area contributed by atoms with Crippen LogP contribution in [0.15, 0.2) is 72.8 Å². The Bertz CT molecular complexity index is 1180. The molecule has 0 radical (unpaired) electrons. The molecule has 0 atom stereocenters. The summed E-state index contributed by atoms with van der Waals surface area (Å²) >= 11 is 6.02. The fraction of sp³-hybridized carbons (Fsp3) is 0.310. The monoisotopic (exact) mass is 475 g/mol. The lowest BCUT2D eigenvalue weighted by molar-refractivity contribution is -0.0254. The van der Waals surface area contributed by atoms with Crippen LogP contribution in [-0.4, -0.2) is 34.7 Å². The van der Waals surface area contributed by atoms with Crippen molar-refractivity contribution >= 4 is 17.2 Å². The first-order valence-electron chi connectivity index (χ1n) is 11.9. The highest BCUT2D eigenvalue weighted by Gasteiger charge is 2.33. The number of nitrogens with zero attached hydrogens (tertiary/aromatic N) is 1. The number of fused-ring (bicyclic) bond motifs is 2. The van der Waals surface area contributed by atoms with Gasteiger partial charge in [0.25, 0.3) is 0 Å². The molecular formula is C29H30ClNO3. The van der Waals surface area contributed by atoms with E-state index in [2.05, 4.69) is 29.2 Å². The number of rotatable bonds is 5. The van der Waals surface area contributed by atoms with Gasteiger partial charge in [-0.15, -0.1) is 0 Å². The fourth-order valence-corrected chi connectivity index (χ4v) is 5.15. The zero-order valence-electron chi connectivity index (χ0n) is 19.2. The lowest BCUT2D eigenvalue weighted by atomic mass is 9.84. The molecule has 1 saturated heterocycles. The predicted molar refractivity (Wildman–Crippen MR) is 136 cm³/mol. The van der Waals surface area contributed by atoms with Crippen molar-refractivity contribution in [1.29, 1.82) is 0 Å². The Morgan fingerprint density at radius 1 is 0.971 bits per heavy atom. The summed E-state index contributed by atoms with van der Waals surface area (Å²) < 4.78 is 6.10. The van der Waals surface area contributed by atoms with E-state index in [0.717, 1.165) is 54.1 Å². The van der Waals surface area contributed by atoms with Gasteiger partial charge in [-0.2, -0.15) is 0 Å². The lowest BCUT2D eigenvalue weighted by Crippen LogP contribution is -2.42. The maximum Gasteiger partial charge on any atom is 0.127 e. The average molecular weight is 476 g/mol. The number of ether oxygens (including phenoxy) is 1. The summed E-state index contributed by atoms with van der Waals surface area (Å²) in [7, 11) is 0. The van der Waals surface area contributed by atoms with Crippen molar-refractivity contribution in [3.63, 3.8) is 0 Å². The Morgan fingerprint density at radius 3 is 2.50 bits per heavy atom. The number of halogens is 1. The SMILES string of the molecule is OCc1ccc2c(c1)/C(=C\CCN1CCC(O)(c3ccc(Cl)cc3)CC1)c1ccccc1CO2. The van der Waals surface area contributed by atoms with Crippen LogP contribution in [0.2, 0.25) is 5.02 Å². The highest BCUT2D eigenvalue weighted by atomic mass is 35.5. The van der Waals surface area contributed by atoms with E-state index in [9.17, 15) is 10.2 Å². The molecule has 2 heterocycles. The smallest absolute Gasteiger partial charge is 0.127 e. The zero-order valence-corrected chi connectivity index (χ0v) is 20.0. The van der Waals surface area contributed by atoms with Crippen molar-refractivity contribution in [3.05, 3.63) is 106 Å². The van der Waals surface area contributed by atoms with Gasteiger partial charge >= 0.3 is 0 Å². The maximum absolute atomic E-state index is 11.2. The van der Waals surface area contributed by atoms with E-state index in [-0.39, 0.29) is 6.61 Å². The Labute approximate surface area is 206 Å². The number of aliphatic hydroxyl groups is 2. The molecule has 0 spiro atoms. The first-order chi connectivity index (χ1) is 16.6. The summed E-state index contributed by atoms with van der Waals surface area (Å²) in [6.07, 6.45) is 4.62. The summed E-state index contributed by atoms with van der Waals surface area (Å²) in [5, 5.41) is 21.5. The molecule has 2 aliphatic rings. The molecule has 1 fully saturated rings. The number of hydrogen-bond acceptors (Lipinski definition) is 4. The highest BCUT2D eigenvalue weighted by molar-refractivity contribution is 6.30. The van der Waals surface area contributed by atoms with Gasteiger partial charge in [-0.1, -0.05) is 60.1 Å². The van der Waals surface area contributed by atoms with Gasteiger partial charge < -0.3 is 19.8 Å². The molecule has 5 heteroatoms. The summed E-state index contributed by atoms with van der Waals surface area (Å²) in [4.78, 5) is 2.42. The Morgan fingerprint density at radius 2 is 1.74 bits per heavy atom. The Hall–Kier alpha value is -2.63. The van der Waals surface area contributed by atoms with Gasteiger partial charge in [0, 0.05) is 30.2 Å². The van der Waals surface area contributed by atoms with E-state index in [4.69, 9.17) is 16.3 Å². The largest absolute Gasteiger partial charge is 0.488 e. The molecule has 176 valence electrons. The van der Waals surface area contributed by atoms with Crippen molar-refractivity contribution < 1.29 is 14.9 Å². The third-order valence-electron chi connectivity index (χ3n) is 7.07. The fourth-order valence-electron chi connectivity index (χ4n) is 5.03. The maximum atomic E-state index is 11.2. The van der Waals surface area contributed by atoms with Crippen molar-refractivity contribution in [3.8, 4) is 5.75 Å². The summed E-state index contributed by atoms with van der Waals surface area (Å²) in [6, 6.07) is 21.9. The van der Waals surface area contributed by atoms with Crippen LogP contribution in [0, 0.1) is 0 Å². The molecule has 2 N–H and O–H groups in total. The molecule has 2 aliphatic heterocycles. The van der Waals surface area contributed by atoms with E-state index < -0.39 is 5.60 Å². The van der Waals surface area contributed by atoms with Crippen LogP contribution in [0.4, 0.5) is 0 Å². The van der Waals surface area contributed by atoms with Crippen LogP contribution < -0.4 is 4.74 Å². The second kappa shape index (κ2) is 9.93. The summed E-state index contributed by atoms with van der Waals surface area (Å²) in [5.41, 5.74) is 5.60. The van der Waals surface area contributed by atoms with Gasteiger partial charge in [-0.05, 0) is 71.4 Å². The molecule has 0 saturated carbocycles. The van der Waals surface area contributed by atoms with Gasteiger partial charge in [0.2, 0.25) is 0 Å². The van der Waals surface area contributed by atoms with Gasteiger partial charge in [0.05, 0.1) is 12.2 Å². The molecule has 0 bridgehead atoms. The minimum absolute atomic E-state index is 0.00646. The van der Waals surface area contributed by atoms with Crippen LogP contribution in [0.5, 0.6) is 5.75 Å². The van der Waals surface area contributed by atoms with Gasteiger partial charge in [0.15, 0.2) is 0 Å². The number of benzene rings is 3. The van der Waals surface area contributed by atoms with E-state index in [1.54, 1.807) is 0 Å². The first kappa shape index (κ1) is 23.1. The molecule has 5 rings (SSSR count). The molecule has 0 amide bonds. The number of hydrogen-bond donors (Lipinski definition) is 2. The Balaban J connectivity index is 1.31. The van der Waals surface area contributed by atoms with E-state index in [0.29, 0.717) is 24.5 Å². The third kappa shape index (κ3) is 4.77. The molecule has 0 unspecified atom stereocenters. The second-order valence-electron chi connectivity index (χ2n) is 9.22. The van der Waals surface area contributed by atoms with Gasteiger partial charge in [-0.3, -0.25) is 0 Å². The molecule has 0 aromatic heterocycles. The van der Waals surface area contributed by atoms with Crippen molar-refractivity contribution in [2.45, 2.75) is 38.1 Å². The second-order valence-corrected chi connectivity index (χ2v) is 9.66. The lowest BCUT2D eigenvalue weighted by Gasteiger charge is -2.38. The quantitative estimate of drug-likeness (QED) is 0.509. The Kier molecular flexibility index (Phi) is 6.75. The van der Waals surface area contributed by atoms with Crippen LogP contribution in [-0.2, 0) is 18.8 Å². The standard InChI is InChI=1S/C29H30ClNO3/c30-24-10-8-23(9-11-24)29(33)13-16-31(17-14-29)15-3-6-26-25-5-2-1-4-22(25)20-34-28-12-7-21(19-32)18-27(26)28/h1-2,4-12,18,32-33H,3,13-17,19-20H2/b26-6-. The minimum atomic E-state index is -0.781. The average Bonchev–Trinajstić information content (AvgIpc) is 3.02. The molecule has 3 aromatic rings. The molecule has 34 heavy (non-hydrogen) atoms. The minimum Gasteiger partial charge on any atom is -0.488 e. The topological polar surface area (TPSA) is 52.9 Å². The van der Waals surface area contributed by atoms with Gasteiger partial charge in [0.1, 0.15) is 12.4 Å². The summed E-state index contributed by atoms with van der Waals surface area (Å²) in [5.74, 6) is 0.852. The molecular weight excluding hydrogens is 446 g/mol. The predicted octanol–water partition coefficient (Wildman–Crippen LogP) is 5.53. The van der Waals surface area contributed by atoms with Crippen LogP contribution in [0.25, 0.3) is 5.57 Å². The van der Waals surface area contributed by atoms with Crippen molar-refractivity contribution in [2.24, 2.45) is 0 Å². The molecule has 4 nitrogen and oxygen atoms in total. The third-order valence-corrected chi connectivity index (χ3v) is 7.32. The number of likely N-dealkylation sites (tertiary alicyclic amines) is 1. The molecule has 0 aliphatic carbocycles. The highest BCUT2D eigenvalue weighted by Crippen LogP contribution is 2.38. The van der Waals surface area contributed by atoms with E-state index >= 15 is 0 Å². The number of piperidine rings is 1. The van der Waals surface area contributed by atoms with Gasteiger partial charge in [-0.25, -0.2) is 0 Å². The van der Waals surface area contributed by atoms with Crippen LogP contribution >= 0.6 is 11.6 Å². The van der Waals surface area contributed by atoms with Crippen LogP contribution in [0.3, 0.4) is 0 Å².